The Hall–Kier alpha value is -0.600. The molecule has 0 atom stereocenters. The molecule has 0 aliphatic heterocycles. The van der Waals surface area contributed by atoms with Gasteiger partial charge in [0.1, 0.15) is 0 Å². The molecule has 3 heteroatoms. The third-order valence-corrected chi connectivity index (χ3v) is 2.78. The van der Waals surface area contributed by atoms with E-state index < -0.39 is 5.60 Å². The Bertz CT molecular complexity index is 296. The van der Waals surface area contributed by atoms with Crippen LogP contribution in [-0.2, 0) is 5.60 Å². The monoisotopic (exact) mass is 183 g/mol. The Morgan fingerprint density at radius 2 is 2.25 bits per heavy atom. The number of aromatic nitrogens is 1. The van der Waals surface area contributed by atoms with Crippen molar-refractivity contribution >= 4 is 11.6 Å². The lowest BCUT2D eigenvalue weighted by molar-refractivity contribution is -0.0389. The van der Waals surface area contributed by atoms with Crippen LogP contribution in [0.2, 0.25) is 5.02 Å². The molecule has 12 heavy (non-hydrogen) atoms. The van der Waals surface area contributed by atoms with E-state index in [9.17, 15) is 5.11 Å². The van der Waals surface area contributed by atoms with E-state index in [2.05, 4.69) is 4.98 Å². The van der Waals surface area contributed by atoms with Crippen LogP contribution in [0.1, 0.15) is 24.8 Å². The minimum absolute atomic E-state index is 0.618. The summed E-state index contributed by atoms with van der Waals surface area (Å²) in [5, 5.41) is 10.6. The quantitative estimate of drug-likeness (QED) is 0.724. The molecule has 0 amide bonds. The van der Waals surface area contributed by atoms with E-state index >= 15 is 0 Å². The second-order valence-electron chi connectivity index (χ2n) is 3.24. The summed E-state index contributed by atoms with van der Waals surface area (Å²) >= 11 is 5.92. The summed E-state index contributed by atoms with van der Waals surface area (Å²) in [6.45, 7) is 0. The summed E-state index contributed by atoms with van der Waals surface area (Å²) in [7, 11) is 0. The first-order chi connectivity index (χ1) is 5.72. The van der Waals surface area contributed by atoms with Crippen molar-refractivity contribution in [2.24, 2.45) is 0 Å². The number of nitrogens with zero attached hydrogens (tertiary/aromatic N) is 1. The van der Waals surface area contributed by atoms with Crippen molar-refractivity contribution in [2.75, 3.05) is 0 Å². The molecule has 64 valence electrons. The Kier molecular flexibility index (Phi) is 1.81. The van der Waals surface area contributed by atoms with Gasteiger partial charge < -0.3 is 5.11 Å². The standard InChI is InChI=1S/C9H10ClNO/c10-8-2-5-11-6-7(8)9(12)3-1-4-9/h2,5-6,12H,1,3-4H2. The topological polar surface area (TPSA) is 33.1 Å². The normalized spacial score (nSPS) is 20.2. The number of aliphatic hydroxyl groups is 1. The number of hydrogen-bond acceptors (Lipinski definition) is 2. The molecule has 1 N–H and O–H groups in total. The minimum Gasteiger partial charge on any atom is -0.385 e. The molecule has 0 aromatic carbocycles. The third kappa shape index (κ3) is 1.11. The van der Waals surface area contributed by atoms with E-state index in [1.165, 1.54) is 0 Å². The van der Waals surface area contributed by atoms with Crippen LogP contribution in [0, 0.1) is 0 Å². The molecular weight excluding hydrogens is 174 g/mol. The maximum Gasteiger partial charge on any atom is 0.0925 e. The van der Waals surface area contributed by atoms with E-state index in [0.29, 0.717) is 5.02 Å². The van der Waals surface area contributed by atoms with Crippen molar-refractivity contribution in [2.45, 2.75) is 24.9 Å². The summed E-state index contributed by atoms with van der Waals surface area (Å²) < 4.78 is 0. The van der Waals surface area contributed by atoms with Gasteiger partial charge in [0.25, 0.3) is 0 Å². The van der Waals surface area contributed by atoms with Crippen LogP contribution in [0.25, 0.3) is 0 Å². The van der Waals surface area contributed by atoms with Gasteiger partial charge >= 0.3 is 0 Å². The molecule has 2 nitrogen and oxygen atoms in total. The smallest absolute Gasteiger partial charge is 0.0925 e. The van der Waals surface area contributed by atoms with Gasteiger partial charge in [-0.2, -0.15) is 0 Å². The van der Waals surface area contributed by atoms with E-state index in [-0.39, 0.29) is 0 Å². The molecule has 1 aliphatic rings. The van der Waals surface area contributed by atoms with Gasteiger partial charge in [0, 0.05) is 23.0 Å². The maximum atomic E-state index is 9.94. The first-order valence-electron chi connectivity index (χ1n) is 4.05. The van der Waals surface area contributed by atoms with Gasteiger partial charge in [-0.3, -0.25) is 4.98 Å². The molecule has 1 aliphatic carbocycles. The second-order valence-corrected chi connectivity index (χ2v) is 3.65. The Labute approximate surface area is 76.2 Å². The molecule has 0 bridgehead atoms. The highest BCUT2D eigenvalue weighted by Crippen LogP contribution is 2.43. The van der Waals surface area contributed by atoms with Crippen molar-refractivity contribution in [3.63, 3.8) is 0 Å². The van der Waals surface area contributed by atoms with Crippen molar-refractivity contribution < 1.29 is 5.11 Å². The fourth-order valence-corrected chi connectivity index (χ4v) is 1.78. The highest BCUT2D eigenvalue weighted by atomic mass is 35.5. The SMILES string of the molecule is OC1(c2cnccc2Cl)CCC1. The predicted octanol–water partition coefficient (Wildman–Crippen LogP) is 2.11. The molecule has 1 aromatic heterocycles. The fourth-order valence-electron chi connectivity index (χ4n) is 1.50. The summed E-state index contributed by atoms with van der Waals surface area (Å²) in [6.07, 6.45) is 5.97. The van der Waals surface area contributed by atoms with Crippen LogP contribution in [0.3, 0.4) is 0 Å². The van der Waals surface area contributed by atoms with Crippen molar-refractivity contribution in [1.82, 2.24) is 4.98 Å². The zero-order valence-corrected chi connectivity index (χ0v) is 7.38. The molecule has 2 rings (SSSR count). The first-order valence-corrected chi connectivity index (χ1v) is 4.42. The minimum atomic E-state index is -0.689. The van der Waals surface area contributed by atoms with Crippen molar-refractivity contribution in [1.29, 1.82) is 0 Å². The molecular formula is C9H10ClNO. The second kappa shape index (κ2) is 2.71. The Morgan fingerprint density at radius 1 is 1.50 bits per heavy atom. The van der Waals surface area contributed by atoms with E-state index in [0.717, 1.165) is 24.8 Å². The lowest BCUT2D eigenvalue weighted by Crippen LogP contribution is -2.33. The van der Waals surface area contributed by atoms with Crippen LogP contribution in [0.15, 0.2) is 18.5 Å². The predicted molar refractivity (Wildman–Crippen MR) is 47.0 cm³/mol. The van der Waals surface area contributed by atoms with Crippen molar-refractivity contribution in [3.8, 4) is 0 Å². The van der Waals surface area contributed by atoms with Crippen LogP contribution in [0.4, 0.5) is 0 Å². The Morgan fingerprint density at radius 3 is 2.75 bits per heavy atom. The molecule has 0 unspecified atom stereocenters. The van der Waals surface area contributed by atoms with Gasteiger partial charge in [-0.05, 0) is 25.3 Å². The van der Waals surface area contributed by atoms with Gasteiger partial charge in [-0.15, -0.1) is 0 Å². The first kappa shape index (κ1) is 8.02. The lowest BCUT2D eigenvalue weighted by atomic mass is 9.76. The largest absolute Gasteiger partial charge is 0.385 e. The van der Waals surface area contributed by atoms with Crippen molar-refractivity contribution in [3.05, 3.63) is 29.0 Å². The highest BCUT2D eigenvalue weighted by Gasteiger charge is 2.37. The van der Waals surface area contributed by atoms with E-state index in [1.54, 1.807) is 18.5 Å². The zero-order valence-electron chi connectivity index (χ0n) is 6.63. The summed E-state index contributed by atoms with van der Waals surface area (Å²) in [6, 6.07) is 1.72. The van der Waals surface area contributed by atoms with Gasteiger partial charge in [0.2, 0.25) is 0 Å². The van der Waals surface area contributed by atoms with Gasteiger partial charge in [-0.25, -0.2) is 0 Å². The van der Waals surface area contributed by atoms with E-state index in [1.807, 2.05) is 0 Å². The average Bonchev–Trinajstić information content (AvgIpc) is 2.01. The molecule has 1 fully saturated rings. The molecule has 0 spiro atoms. The molecule has 1 aromatic rings. The maximum absolute atomic E-state index is 9.94. The average molecular weight is 184 g/mol. The lowest BCUT2D eigenvalue weighted by Gasteiger charge is -2.37. The summed E-state index contributed by atoms with van der Waals surface area (Å²) in [5.74, 6) is 0. The van der Waals surface area contributed by atoms with Crippen LogP contribution in [-0.4, -0.2) is 10.1 Å². The number of hydrogen-bond donors (Lipinski definition) is 1. The van der Waals surface area contributed by atoms with Crippen LogP contribution < -0.4 is 0 Å². The van der Waals surface area contributed by atoms with Gasteiger partial charge in [0.15, 0.2) is 0 Å². The number of halogens is 1. The molecule has 0 radical (unpaired) electrons. The fraction of sp³-hybridized carbons (Fsp3) is 0.444. The van der Waals surface area contributed by atoms with Crippen LogP contribution in [0.5, 0.6) is 0 Å². The number of pyridine rings is 1. The summed E-state index contributed by atoms with van der Waals surface area (Å²) in [5.41, 5.74) is 0.0867. The van der Waals surface area contributed by atoms with Crippen LogP contribution >= 0.6 is 11.6 Å². The summed E-state index contributed by atoms with van der Waals surface area (Å²) in [4.78, 5) is 3.95. The number of rotatable bonds is 1. The molecule has 1 heterocycles. The van der Waals surface area contributed by atoms with E-state index in [4.69, 9.17) is 11.6 Å². The molecule has 0 saturated heterocycles. The zero-order chi connectivity index (χ0) is 8.60. The third-order valence-electron chi connectivity index (χ3n) is 2.45. The molecule has 1 saturated carbocycles. The van der Waals surface area contributed by atoms with Gasteiger partial charge in [-0.1, -0.05) is 11.6 Å². The highest BCUT2D eigenvalue weighted by molar-refractivity contribution is 6.31. The van der Waals surface area contributed by atoms with Gasteiger partial charge in [0.05, 0.1) is 5.60 Å². The Balaban J connectivity index is 2.39.